The zero-order chi connectivity index (χ0) is 18.7. The molecule has 1 heterocycles. The monoisotopic (exact) mass is 345 g/mol. The van der Waals surface area contributed by atoms with Gasteiger partial charge in [0.25, 0.3) is 0 Å². The van der Waals surface area contributed by atoms with Gasteiger partial charge in [0.05, 0.1) is 0 Å². The summed E-state index contributed by atoms with van der Waals surface area (Å²) < 4.78 is 0. The predicted molar refractivity (Wildman–Crippen MR) is 114 cm³/mol. The summed E-state index contributed by atoms with van der Waals surface area (Å²) in [5.74, 6) is 0.557. The Kier molecular flexibility index (Phi) is 5.66. The minimum absolute atomic E-state index is 0.533. The molecule has 0 radical (unpaired) electrons. The fourth-order valence-corrected chi connectivity index (χ4v) is 3.58. The van der Waals surface area contributed by atoms with E-state index in [0.717, 1.165) is 13.0 Å². The van der Waals surface area contributed by atoms with Crippen LogP contribution in [0.15, 0.2) is 66.3 Å². The molecule has 0 fully saturated rings. The lowest BCUT2D eigenvalue weighted by Crippen LogP contribution is -2.33. The smallest absolute Gasteiger partial charge is 0.0450 e. The van der Waals surface area contributed by atoms with Gasteiger partial charge >= 0.3 is 0 Å². The second-order valence-electron chi connectivity index (χ2n) is 7.69. The van der Waals surface area contributed by atoms with Gasteiger partial charge in [-0.05, 0) is 60.6 Å². The number of benzene rings is 2. The maximum Gasteiger partial charge on any atom is 0.0450 e. The SMILES string of the molecule is CC[C@H](C)N1CC=C(C(C)C)C=C1c1cc(-c2ccccc2)ccc1C. The molecule has 0 saturated carbocycles. The van der Waals surface area contributed by atoms with Crippen LogP contribution in [0.25, 0.3) is 16.8 Å². The van der Waals surface area contributed by atoms with Gasteiger partial charge in [-0.1, -0.05) is 69.3 Å². The van der Waals surface area contributed by atoms with E-state index >= 15 is 0 Å². The summed E-state index contributed by atoms with van der Waals surface area (Å²) in [6.07, 6.45) is 5.97. The third kappa shape index (κ3) is 3.77. The first-order valence-corrected chi connectivity index (χ1v) is 9.86. The quantitative estimate of drug-likeness (QED) is 0.583. The molecule has 136 valence electrons. The molecule has 0 saturated heterocycles. The van der Waals surface area contributed by atoms with Crippen molar-refractivity contribution in [2.45, 2.75) is 47.1 Å². The Morgan fingerprint density at radius 1 is 0.962 bits per heavy atom. The fourth-order valence-electron chi connectivity index (χ4n) is 3.58. The summed E-state index contributed by atoms with van der Waals surface area (Å²) in [5.41, 5.74) is 8.09. The van der Waals surface area contributed by atoms with Crippen LogP contribution in [0.4, 0.5) is 0 Å². The zero-order valence-corrected chi connectivity index (χ0v) is 16.8. The molecule has 0 amide bonds. The number of rotatable bonds is 5. The average Bonchev–Trinajstić information content (AvgIpc) is 2.68. The molecular formula is C25H31N. The van der Waals surface area contributed by atoms with Crippen LogP contribution in [0.1, 0.15) is 45.2 Å². The molecule has 3 rings (SSSR count). The van der Waals surface area contributed by atoms with E-state index in [-0.39, 0.29) is 0 Å². The van der Waals surface area contributed by atoms with Gasteiger partial charge in [0.15, 0.2) is 0 Å². The molecule has 1 heteroatoms. The van der Waals surface area contributed by atoms with Gasteiger partial charge in [0.1, 0.15) is 0 Å². The first-order valence-electron chi connectivity index (χ1n) is 9.86. The highest BCUT2D eigenvalue weighted by Gasteiger charge is 2.22. The maximum atomic E-state index is 2.56. The van der Waals surface area contributed by atoms with Crippen molar-refractivity contribution in [3.05, 3.63) is 77.4 Å². The van der Waals surface area contributed by atoms with E-state index in [9.17, 15) is 0 Å². The Balaban J connectivity index is 2.10. The lowest BCUT2D eigenvalue weighted by Gasteiger charge is -2.36. The largest absolute Gasteiger partial charge is 0.365 e. The highest BCUT2D eigenvalue weighted by Crippen LogP contribution is 2.34. The summed E-state index contributed by atoms with van der Waals surface area (Å²) in [7, 11) is 0. The van der Waals surface area contributed by atoms with E-state index < -0.39 is 0 Å². The van der Waals surface area contributed by atoms with E-state index in [1.54, 1.807) is 0 Å². The second kappa shape index (κ2) is 7.95. The Hall–Kier alpha value is -2.28. The molecule has 2 aromatic carbocycles. The standard InChI is InChI=1S/C25H31N/c1-6-20(5)26-15-14-22(18(2)3)17-25(26)24-16-23(13-12-19(24)4)21-10-8-7-9-11-21/h7-14,16-18,20H,6,15H2,1-5H3/t20-/m0/s1. The van der Waals surface area contributed by atoms with Crippen molar-refractivity contribution >= 4 is 5.70 Å². The zero-order valence-electron chi connectivity index (χ0n) is 16.8. The normalized spacial score (nSPS) is 15.7. The van der Waals surface area contributed by atoms with Crippen LogP contribution < -0.4 is 0 Å². The first-order chi connectivity index (χ1) is 12.5. The lowest BCUT2D eigenvalue weighted by atomic mass is 9.91. The van der Waals surface area contributed by atoms with Crippen molar-refractivity contribution in [3.8, 4) is 11.1 Å². The van der Waals surface area contributed by atoms with E-state index in [1.807, 2.05) is 0 Å². The lowest BCUT2D eigenvalue weighted by molar-refractivity contribution is 0.327. The summed E-state index contributed by atoms with van der Waals surface area (Å²) in [6, 6.07) is 18.1. The predicted octanol–water partition coefficient (Wildman–Crippen LogP) is 6.70. The van der Waals surface area contributed by atoms with E-state index in [2.05, 4.69) is 100 Å². The third-order valence-corrected chi connectivity index (χ3v) is 5.55. The molecule has 1 aliphatic heterocycles. The van der Waals surface area contributed by atoms with E-state index in [1.165, 1.54) is 33.5 Å². The van der Waals surface area contributed by atoms with Crippen LogP contribution >= 0.6 is 0 Å². The van der Waals surface area contributed by atoms with Gasteiger partial charge in [-0.25, -0.2) is 0 Å². The molecule has 2 aromatic rings. The molecule has 0 aliphatic carbocycles. The van der Waals surface area contributed by atoms with Crippen molar-refractivity contribution in [1.82, 2.24) is 4.90 Å². The molecule has 0 unspecified atom stereocenters. The minimum atomic E-state index is 0.533. The van der Waals surface area contributed by atoms with Gasteiger partial charge in [0, 0.05) is 23.8 Å². The molecule has 26 heavy (non-hydrogen) atoms. The minimum Gasteiger partial charge on any atom is -0.365 e. The van der Waals surface area contributed by atoms with Crippen molar-refractivity contribution in [3.63, 3.8) is 0 Å². The highest BCUT2D eigenvalue weighted by molar-refractivity contribution is 5.76. The number of hydrogen-bond donors (Lipinski definition) is 0. The Morgan fingerprint density at radius 2 is 1.69 bits per heavy atom. The van der Waals surface area contributed by atoms with Crippen LogP contribution in [0.3, 0.4) is 0 Å². The molecule has 1 nitrogen and oxygen atoms in total. The molecule has 0 N–H and O–H groups in total. The van der Waals surface area contributed by atoms with Crippen LogP contribution in [-0.2, 0) is 0 Å². The molecule has 1 atom stereocenters. The first kappa shape index (κ1) is 18.5. The van der Waals surface area contributed by atoms with Gasteiger partial charge in [-0.15, -0.1) is 0 Å². The van der Waals surface area contributed by atoms with Gasteiger partial charge < -0.3 is 4.90 Å². The number of aryl methyl sites for hydroxylation is 1. The van der Waals surface area contributed by atoms with Gasteiger partial charge in [0.2, 0.25) is 0 Å². The third-order valence-electron chi connectivity index (χ3n) is 5.55. The van der Waals surface area contributed by atoms with Gasteiger partial charge in [-0.2, -0.15) is 0 Å². The molecule has 0 bridgehead atoms. The second-order valence-corrected chi connectivity index (χ2v) is 7.69. The van der Waals surface area contributed by atoms with Crippen molar-refractivity contribution in [2.24, 2.45) is 5.92 Å². The Bertz CT molecular complexity index is 811. The van der Waals surface area contributed by atoms with Crippen molar-refractivity contribution in [1.29, 1.82) is 0 Å². The number of allylic oxidation sites excluding steroid dienone is 2. The summed E-state index contributed by atoms with van der Waals surface area (Å²) >= 11 is 0. The Labute approximate surface area is 159 Å². The van der Waals surface area contributed by atoms with Crippen LogP contribution in [0.5, 0.6) is 0 Å². The topological polar surface area (TPSA) is 3.24 Å². The summed E-state index contributed by atoms with van der Waals surface area (Å²) in [6.45, 7) is 12.4. The molecule has 1 aliphatic rings. The van der Waals surface area contributed by atoms with E-state index in [4.69, 9.17) is 0 Å². The molecular weight excluding hydrogens is 314 g/mol. The number of nitrogens with zero attached hydrogens (tertiary/aromatic N) is 1. The van der Waals surface area contributed by atoms with E-state index in [0.29, 0.717) is 12.0 Å². The number of hydrogen-bond acceptors (Lipinski definition) is 1. The maximum absolute atomic E-state index is 2.56. The van der Waals surface area contributed by atoms with Gasteiger partial charge in [-0.3, -0.25) is 0 Å². The summed E-state index contributed by atoms with van der Waals surface area (Å²) in [4.78, 5) is 2.56. The average molecular weight is 346 g/mol. The van der Waals surface area contributed by atoms with Crippen LogP contribution in [-0.4, -0.2) is 17.5 Å². The fraction of sp³-hybridized carbons (Fsp3) is 0.360. The van der Waals surface area contributed by atoms with Crippen LogP contribution in [0, 0.1) is 12.8 Å². The van der Waals surface area contributed by atoms with Crippen molar-refractivity contribution in [2.75, 3.05) is 6.54 Å². The molecule has 0 spiro atoms. The summed E-state index contributed by atoms with van der Waals surface area (Å²) in [5, 5.41) is 0. The highest BCUT2D eigenvalue weighted by atomic mass is 15.2. The van der Waals surface area contributed by atoms with Crippen LogP contribution in [0.2, 0.25) is 0 Å². The Morgan fingerprint density at radius 3 is 2.35 bits per heavy atom. The molecule has 0 aromatic heterocycles. The van der Waals surface area contributed by atoms with Crippen molar-refractivity contribution < 1.29 is 0 Å².